The number of para-hydroxylation sites is 1. The van der Waals surface area contributed by atoms with Crippen molar-refractivity contribution >= 4 is 11.6 Å². The molecule has 0 unspecified atom stereocenters. The van der Waals surface area contributed by atoms with Gasteiger partial charge < -0.3 is 19.5 Å². The molecule has 26 heavy (non-hydrogen) atoms. The lowest BCUT2D eigenvalue weighted by molar-refractivity contribution is -0.118. The zero-order chi connectivity index (χ0) is 18.8. The lowest BCUT2D eigenvalue weighted by Gasteiger charge is -2.14. The molecule has 1 N–H and O–H groups in total. The summed E-state index contributed by atoms with van der Waals surface area (Å²) in [6.45, 7) is 8.52. The number of ether oxygens (including phenoxy) is 3. The van der Waals surface area contributed by atoms with Gasteiger partial charge in [0.2, 0.25) is 0 Å². The first-order valence-corrected chi connectivity index (χ1v) is 8.69. The second-order valence-electron chi connectivity index (χ2n) is 5.46. The third-order valence-electron chi connectivity index (χ3n) is 3.52. The smallest absolute Gasteiger partial charge is 0.262 e. The number of hydrogen-bond acceptors (Lipinski definition) is 4. The minimum absolute atomic E-state index is 0.0780. The van der Waals surface area contributed by atoms with E-state index in [1.165, 1.54) is 0 Å². The highest BCUT2D eigenvalue weighted by molar-refractivity contribution is 5.92. The third kappa shape index (κ3) is 5.55. The van der Waals surface area contributed by atoms with Crippen LogP contribution in [-0.2, 0) is 11.2 Å². The molecule has 5 heteroatoms. The van der Waals surface area contributed by atoms with E-state index in [2.05, 4.69) is 11.9 Å². The first kappa shape index (κ1) is 19.4. The summed E-state index contributed by atoms with van der Waals surface area (Å²) in [5.74, 6) is 1.70. The van der Waals surface area contributed by atoms with Crippen molar-refractivity contribution < 1.29 is 19.0 Å². The fourth-order valence-corrected chi connectivity index (χ4v) is 2.44. The average Bonchev–Trinajstić information content (AvgIpc) is 2.64. The van der Waals surface area contributed by atoms with Crippen LogP contribution in [0.2, 0.25) is 0 Å². The average molecular weight is 355 g/mol. The maximum atomic E-state index is 12.2. The number of amides is 1. The van der Waals surface area contributed by atoms with Gasteiger partial charge in [-0.3, -0.25) is 4.79 Å². The zero-order valence-corrected chi connectivity index (χ0v) is 15.3. The molecule has 0 radical (unpaired) electrons. The Morgan fingerprint density at radius 1 is 1.00 bits per heavy atom. The minimum atomic E-state index is -0.245. The summed E-state index contributed by atoms with van der Waals surface area (Å²) in [7, 11) is 0. The number of allylic oxidation sites excluding steroid dienone is 1. The second-order valence-corrected chi connectivity index (χ2v) is 5.46. The first-order valence-electron chi connectivity index (χ1n) is 8.69. The van der Waals surface area contributed by atoms with E-state index in [4.69, 9.17) is 14.2 Å². The molecule has 1 amide bonds. The van der Waals surface area contributed by atoms with Crippen molar-refractivity contribution in [3.05, 3.63) is 60.7 Å². The predicted molar refractivity (Wildman–Crippen MR) is 103 cm³/mol. The molecule has 0 aromatic heterocycles. The maximum Gasteiger partial charge on any atom is 0.262 e. The van der Waals surface area contributed by atoms with Crippen LogP contribution < -0.4 is 19.5 Å². The van der Waals surface area contributed by atoms with Crippen LogP contribution in [0, 0.1) is 0 Å². The Kier molecular flexibility index (Phi) is 7.55. The highest BCUT2D eigenvalue weighted by Crippen LogP contribution is 2.30. The van der Waals surface area contributed by atoms with Crippen molar-refractivity contribution in [1.29, 1.82) is 0 Å². The van der Waals surface area contributed by atoms with E-state index in [1.54, 1.807) is 24.3 Å². The van der Waals surface area contributed by atoms with Crippen LogP contribution in [0.15, 0.2) is 55.1 Å². The molecule has 0 atom stereocenters. The Morgan fingerprint density at radius 2 is 1.73 bits per heavy atom. The van der Waals surface area contributed by atoms with Crippen molar-refractivity contribution in [3.8, 4) is 17.2 Å². The predicted octanol–water partition coefficient (Wildman–Crippen LogP) is 4.23. The van der Waals surface area contributed by atoms with Crippen molar-refractivity contribution in [1.82, 2.24) is 0 Å². The molecule has 5 nitrogen and oxygen atoms in total. The van der Waals surface area contributed by atoms with E-state index in [9.17, 15) is 4.79 Å². The molecule has 2 aromatic carbocycles. The Balaban J connectivity index is 1.99. The molecule has 2 aromatic rings. The molecule has 2 rings (SSSR count). The monoisotopic (exact) mass is 355 g/mol. The summed E-state index contributed by atoms with van der Waals surface area (Å²) < 4.78 is 16.7. The molecule has 138 valence electrons. The van der Waals surface area contributed by atoms with Gasteiger partial charge in [-0.15, -0.1) is 6.58 Å². The highest BCUT2D eigenvalue weighted by Gasteiger charge is 2.10. The van der Waals surface area contributed by atoms with Crippen LogP contribution in [0.4, 0.5) is 5.69 Å². The van der Waals surface area contributed by atoms with Gasteiger partial charge in [0, 0.05) is 11.8 Å². The largest absolute Gasteiger partial charge is 0.490 e. The number of hydrogen-bond donors (Lipinski definition) is 1. The summed E-state index contributed by atoms with van der Waals surface area (Å²) in [5, 5.41) is 2.81. The van der Waals surface area contributed by atoms with Crippen LogP contribution in [-0.4, -0.2) is 25.7 Å². The summed E-state index contributed by atoms with van der Waals surface area (Å²) in [5.41, 5.74) is 1.62. The molecule has 0 heterocycles. The van der Waals surface area contributed by atoms with Gasteiger partial charge >= 0.3 is 0 Å². The molecule has 0 spiro atoms. The van der Waals surface area contributed by atoms with E-state index in [1.807, 2.05) is 38.1 Å². The van der Waals surface area contributed by atoms with Crippen LogP contribution in [0.1, 0.15) is 19.4 Å². The fourth-order valence-electron chi connectivity index (χ4n) is 2.44. The molecule has 0 aliphatic rings. The van der Waals surface area contributed by atoms with Gasteiger partial charge in [0.05, 0.1) is 13.2 Å². The number of nitrogens with one attached hydrogen (secondary N) is 1. The van der Waals surface area contributed by atoms with Gasteiger partial charge in [0.15, 0.2) is 18.1 Å². The molecule has 0 aliphatic carbocycles. The van der Waals surface area contributed by atoms with Gasteiger partial charge in [0.1, 0.15) is 5.75 Å². The fraction of sp³-hybridized carbons (Fsp3) is 0.286. The summed E-state index contributed by atoms with van der Waals surface area (Å²) >= 11 is 0. The lowest BCUT2D eigenvalue weighted by atomic mass is 10.1. The topological polar surface area (TPSA) is 56.8 Å². The van der Waals surface area contributed by atoms with Gasteiger partial charge in [-0.2, -0.15) is 0 Å². The van der Waals surface area contributed by atoms with E-state index >= 15 is 0 Å². The molecule has 0 saturated heterocycles. The lowest BCUT2D eigenvalue weighted by Crippen LogP contribution is -2.20. The molecule has 0 bridgehead atoms. The van der Waals surface area contributed by atoms with Crippen molar-refractivity contribution in [2.75, 3.05) is 25.1 Å². The van der Waals surface area contributed by atoms with E-state index in [0.29, 0.717) is 42.6 Å². The third-order valence-corrected chi connectivity index (χ3v) is 3.52. The molecule has 0 saturated carbocycles. The number of benzene rings is 2. The number of carbonyl (C=O) groups is 1. The Bertz CT molecular complexity index is 743. The summed E-state index contributed by atoms with van der Waals surface area (Å²) in [4.78, 5) is 12.2. The van der Waals surface area contributed by atoms with E-state index < -0.39 is 0 Å². The summed E-state index contributed by atoms with van der Waals surface area (Å²) in [6.07, 6.45) is 2.49. The van der Waals surface area contributed by atoms with Crippen LogP contribution in [0.5, 0.6) is 17.2 Å². The molecular weight excluding hydrogens is 330 g/mol. The minimum Gasteiger partial charge on any atom is -0.490 e. The van der Waals surface area contributed by atoms with Crippen LogP contribution >= 0.6 is 0 Å². The number of anilines is 1. The normalized spacial score (nSPS) is 10.1. The quantitative estimate of drug-likeness (QED) is 0.648. The van der Waals surface area contributed by atoms with Gasteiger partial charge in [0.25, 0.3) is 5.91 Å². The highest BCUT2D eigenvalue weighted by atomic mass is 16.5. The Labute approximate surface area is 154 Å². The molecule has 0 aliphatic heterocycles. The van der Waals surface area contributed by atoms with Crippen molar-refractivity contribution in [2.24, 2.45) is 0 Å². The second kappa shape index (κ2) is 10.1. The Hall–Kier alpha value is -2.95. The summed E-state index contributed by atoms with van der Waals surface area (Å²) in [6, 6.07) is 12.9. The van der Waals surface area contributed by atoms with Crippen molar-refractivity contribution in [2.45, 2.75) is 20.3 Å². The maximum absolute atomic E-state index is 12.2. The van der Waals surface area contributed by atoms with Crippen molar-refractivity contribution in [3.63, 3.8) is 0 Å². The van der Waals surface area contributed by atoms with Gasteiger partial charge in [-0.1, -0.05) is 24.3 Å². The standard InChI is InChI=1S/C21H25NO4/c1-4-9-16-10-7-8-11-18(16)26-15-21(23)22-17-12-13-19(24-5-2)20(14-17)25-6-3/h4,7-8,10-14H,1,5-6,9,15H2,2-3H3,(H,22,23). The number of rotatable bonds is 10. The molecule has 0 fully saturated rings. The van der Waals surface area contributed by atoms with Crippen LogP contribution in [0.25, 0.3) is 0 Å². The SMILES string of the molecule is C=CCc1ccccc1OCC(=O)Nc1ccc(OCC)c(OCC)c1. The Morgan fingerprint density at radius 3 is 2.46 bits per heavy atom. The van der Waals surface area contributed by atoms with Gasteiger partial charge in [-0.05, 0) is 44.0 Å². The van der Waals surface area contributed by atoms with Crippen LogP contribution in [0.3, 0.4) is 0 Å². The first-order chi connectivity index (χ1) is 12.7. The number of carbonyl (C=O) groups excluding carboxylic acids is 1. The van der Waals surface area contributed by atoms with Gasteiger partial charge in [-0.25, -0.2) is 0 Å². The van der Waals surface area contributed by atoms with E-state index in [0.717, 1.165) is 5.56 Å². The molecular formula is C21H25NO4. The van der Waals surface area contributed by atoms with E-state index in [-0.39, 0.29) is 12.5 Å². The zero-order valence-electron chi connectivity index (χ0n) is 15.3.